The SMILES string of the molecule is c1nc(Cc2cc3n(c2)CCNC3)cs1. The first kappa shape index (κ1) is 9.12. The van der Waals surface area contributed by atoms with E-state index >= 15 is 0 Å². The molecule has 15 heavy (non-hydrogen) atoms. The lowest BCUT2D eigenvalue weighted by molar-refractivity contribution is 0.516. The van der Waals surface area contributed by atoms with E-state index in [1.807, 2.05) is 5.51 Å². The van der Waals surface area contributed by atoms with Crippen molar-refractivity contribution >= 4 is 11.3 Å². The zero-order chi connectivity index (χ0) is 10.1. The van der Waals surface area contributed by atoms with Crippen LogP contribution in [0.1, 0.15) is 17.0 Å². The fourth-order valence-electron chi connectivity index (χ4n) is 2.02. The van der Waals surface area contributed by atoms with E-state index in [-0.39, 0.29) is 0 Å². The normalized spacial score (nSPS) is 15.2. The third kappa shape index (κ3) is 1.82. The Morgan fingerprint density at radius 2 is 2.53 bits per heavy atom. The van der Waals surface area contributed by atoms with Crippen LogP contribution < -0.4 is 5.32 Å². The second-order valence-electron chi connectivity index (χ2n) is 3.87. The largest absolute Gasteiger partial charge is 0.349 e. The summed E-state index contributed by atoms with van der Waals surface area (Å²) in [6, 6.07) is 2.28. The van der Waals surface area contributed by atoms with Crippen LogP contribution in [0.2, 0.25) is 0 Å². The molecule has 1 N–H and O–H groups in total. The molecule has 3 nitrogen and oxygen atoms in total. The summed E-state index contributed by atoms with van der Waals surface area (Å²) in [4.78, 5) is 4.31. The maximum atomic E-state index is 4.31. The minimum atomic E-state index is 0.962. The second kappa shape index (κ2) is 3.79. The van der Waals surface area contributed by atoms with Crippen molar-refractivity contribution in [3.05, 3.63) is 40.1 Å². The first-order valence-corrected chi connectivity index (χ1v) is 6.12. The summed E-state index contributed by atoms with van der Waals surface area (Å²) in [7, 11) is 0. The van der Waals surface area contributed by atoms with Gasteiger partial charge in [0.05, 0.1) is 11.2 Å². The molecule has 2 aromatic heterocycles. The Hall–Kier alpha value is -1.13. The van der Waals surface area contributed by atoms with E-state index < -0.39 is 0 Å². The highest BCUT2D eigenvalue weighted by atomic mass is 32.1. The summed E-state index contributed by atoms with van der Waals surface area (Å²) in [6.45, 7) is 3.17. The van der Waals surface area contributed by atoms with E-state index in [9.17, 15) is 0 Å². The maximum absolute atomic E-state index is 4.31. The van der Waals surface area contributed by atoms with E-state index in [0.29, 0.717) is 0 Å². The van der Waals surface area contributed by atoms with Gasteiger partial charge in [0.15, 0.2) is 0 Å². The quantitative estimate of drug-likeness (QED) is 0.832. The Morgan fingerprint density at radius 1 is 1.53 bits per heavy atom. The van der Waals surface area contributed by atoms with Crippen LogP contribution in [-0.4, -0.2) is 16.1 Å². The molecule has 0 radical (unpaired) electrons. The molecule has 4 heteroatoms. The van der Waals surface area contributed by atoms with Crippen molar-refractivity contribution in [1.29, 1.82) is 0 Å². The molecular formula is C11H13N3S. The van der Waals surface area contributed by atoms with Gasteiger partial charge >= 0.3 is 0 Å². The van der Waals surface area contributed by atoms with E-state index in [2.05, 4.69) is 32.5 Å². The van der Waals surface area contributed by atoms with Crippen LogP contribution in [0.15, 0.2) is 23.2 Å². The third-order valence-electron chi connectivity index (χ3n) is 2.75. The Labute approximate surface area is 92.8 Å². The molecule has 0 spiro atoms. The Kier molecular flexibility index (Phi) is 2.31. The zero-order valence-electron chi connectivity index (χ0n) is 8.44. The van der Waals surface area contributed by atoms with Gasteiger partial charge in [0.1, 0.15) is 0 Å². The van der Waals surface area contributed by atoms with Gasteiger partial charge in [-0.2, -0.15) is 0 Å². The average Bonchev–Trinajstić information content (AvgIpc) is 2.86. The monoisotopic (exact) mass is 219 g/mol. The second-order valence-corrected chi connectivity index (χ2v) is 4.59. The summed E-state index contributed by atoms with van der Waals surface area (Å²) in [6.07, 6.45) is 3.22. The van der Waals surface area contributed by atoms with E-state index in [1.54, 1.807) is 11.3 Å². The highest BCUT2D eigenvalue weighted by Gasteiger charge is 2.10. The van der Waals surface area contributed by atoms with E-state index in [1.165, 1.54) is 17.0 Å². The summed E-state index contributed by atoms with van der Waals surface area (Å²) in [5, 5.41) is 5.50. The molecule has 0 aromatic carbocycles. The highest BCUT2D eigenvalue weighted by Crippen LogP contribution is 2.15. The topological polar surface area (TPSA) is 29.9 Å². The predicted molar refractivity (Wildman–Crippen MR) is 61.1 cm³/mol. The van der Waals surface area contributed by atoms with Gasteiger partial charge in [-0.3, -0.25) is 0 Å². The highest BCUT2D eigenvalue weighted by molar-refractivity contribution is 7.07. The lowest BCUT2D eigenvalue weighted by Gasteiger charge is -2.15. The Bertz CT molecular complexity index is 421. The number of thiazole rings is 1. The molecule has 1 aliphatic heterocycles. The lowest BCUT2D eigenvalue weighted by Crippen LogP contribution is -2.27. The molecule has 0 aliphatic carbocycles. The van der Waals surface area contributed by atoms with Crippen LogP contribution >= 0.6 is 11.3 Å². The molecular weight excluding hydrogens is 206 g/mol. The summed E-state index contributed by atoms with van der Waals surface area (Å²) in [5.41, 5.74) is 5.84. The van der Waals surface area contributed by atoms with Crippen LogP contribution in [0.5, 0.6) is 0 Å². The van der Waals surface area contributed by atoms with Crippen LogP contribution in [0.25, 0.3) is 0 Å². The number of rotatable bonds is 2. The van der Waals surface area contributed by atoms with Gasteiger partial charge < -0.3 is 9.88 Å². The third-order valence-corrected chi connectivity index (χ3v) is 3.38. The van der Waals surface area contributed by atoms with Gasteiger partial charge in [0.25, 0.3) is 0 Å². The smallest absolute Gasteiger partial charge is 0.0794 e. The van der Waals surface area contributed by atoms with Gasteiger partial charge in [-0.15, -0.1) is 11.3 Å². The van der Waals surface area contributed by atoms with Gasteiger partial charge in [-0.25, -0.2) is 4.98 Å². The minimum absolute atomic E-state index is 0.962. The van der Waals surface area contributed by atoms with Gasteiger partial charge in [-0.05, 0) is 11.6 Å². The molecule has 0 amide bonds. The average molecular weight is 219 g/mol. The molecule has 3 rings (SSSR count). The van der Waals surface area contributed by atoms with Crippen molar-refractivity contribution in [2.24, 2.45) is 0 Å². The molecule has 0 atom stereocenters. The van der Waals surface area contributed by atoms with Gasteiger partial charge in [-0.1, -0.05) is 0 Å². The van der Waals surface area contributed by atoms with Crippen LogP contribution in [0.3, 0.4) is 0 Å². The maximum Gasteiger partial charge on any atom is 0.0794 e. The van der Waals surface area contributed by atoms with Crippen molar-refractivity contribution in [1.82, 2.24) is 14.9 Å². The van der Waals surface area contributed by atoms with Crippen molar-refractivity contribution in [3.8, 4) is 0 Å². The first-order chi connectivity index (χ1) is 7.42. The molecule has 0 bridgehead atoms. The molecule has 0 unspecified atom stereocenters. The van der Waals surface area contributed by atoms with E-state index in [4.69, 9.17) is 0 Å². The molecule has 2 aromatic rings. The zero-order valence-corrected chi connectivity index (χ0v) is 9.26. The van der Waals surface area contributed by atoms with Crippen LogP contribution in [0.4, 0.5) is 0 Å². The summed E-state index contributed by atoms with van der Waals surface area (Å²) >= 11 is 1.66. The van der Waals surface area contributed by atoms with Crippen molar-refractivity contribution in [3.63, 3.8) is 0 Å². The summed E-state index contributed by atoms with van der Waals surface area (Å²) in [5.74, 6) is 0. The fourth-order valence-corrected chi connectivity index (χ4v) is 2.58. The number of nitrogens with zero attached hydrogens (tertiary/aromatic N) is 2. The lowest BCUT2D eigenvalue weighted by atomic mass is 10.2. The number of fused-ring (bicyclic) bond motifs is 1. The van der Waals surface area contributed by atoms with Crippen LogP contribution in [0, 0.1) is 0 Å². The standard InChI is InChI=1S/C11H13N3S/c1-2-14-6-9(4-11(14)5-12-1)3-10-7-15-8-13-10/h4,6-8,12H,1-3,5H2. The fraction of sp³-hybridized carbons (Fsp3) is 0.364. The molecule has 0 saturated carbocycles. The van der Waals surface area contributed by atoms with Crippen molar-refractivity contribution in [2.45, 2.75) is 19.5 Å². The number of nitrogens with one attached hydrogen (secondary N) is 1. The molecule has 3 heterocycles. The molecule has 0 saturated heterocycles. The van der Waals surface area contributed by atoms with Gasteiger partial charge in [0.2, 0.25) is 0 Å². The predicted octanol–water partition coefficient (Wildman–Crippen LogP) is 1.64. The number of aromatic nitrogens is 2. The number of hydrogen-bond acceptors (Lipinski definition) is 3. The molecule has 1 aliphatic rings. The van der Waals surface area contributed by atoms with Crippen LogP contribution in [-0.2, 0) is 19.5 Å². The molecule has 78 valence electrons. The van der Waals surface area contributed by atoms with Crippen molar-refractivity contribution in [2.75, 3.05) is 6.54 Å². The van der Waals surface area contributed by atoms with Crippen molar-refractivity contribution < 1.29 is 0 Å². The number of hydrogen-bond donors (Lipinski definition) is 1. The Morgan fingerprint density at radius 3 is 3.33 bits per heavy atom. The van der Waals surface area contributed by atoms with Gasteiger partial charge in [0, 0.05) is 43.3 Å². The Balaban J connectivity index is 1.84. The molecule has 0 fully saturated rings. The first-order valence-electron chi connectivity index (χ1n) is 5.17. The van der Waals surface area contributed by atoms with E-state index in [0.717, 1.165) is 26.1 Å². The summed E-state index contributed by atoms with van der Waals surface area (Å²) < 4.78 is 2.35. The minimum Gasteiger partial charge on any atom is -0.349 e.